The van der Waals surface area contributed by atoms with Crippen molar-refractivity contribution in [3.05, 3.63) is 59.7 Å². The highest BCUT2D eigenvalue weighted by Gasteiger charge is 2.34. The Bertz CT molecular complexity index is 991. The molecule has 33 heavy (non-hydrogen) atoms. The highest BCUT2D eigenvalue weighted by Crippen LogP contribution is 2.44. The zero-order valence-corrected chi connectivity index (χ0v) is 18.8. The van der Waals surface area contributed by atoms with E-state index in [0.29, 0.717) is 19.4 Å². The van der Waals surface area contributed by atoms with E-state index in [1.807, 2.05) is 31.2 Å². The summed E-state index contributed by atoms with van der Waals surface area (Å²) in [5.41, 5.74) is 4.55. The van der Waals surface area contributed by atoms with E-state index in [-0.39, 0.29) is 30.9 Å². The van der Waals surface area contributed by atoms with Gasteiger partial charge in [-0.15, -0.1) is 0 Å². The highest BCUT2D eigenvalue weighted by atomic mass is 16.5. The fourth-order valence-corrected chi connectivity index (χ4v) is 5.03. The first-order chi connectivity index (χ1) is 16.0. The smallest absolute Gasteiger partial charge is 0.407 e. The lowest BCUT2D eigenvalue weighted by Crippen LogP contribution is -2.53. The Kier molecular flexibility index (Phi) is 6.96. The normalized spacial score (nSPS) is 18.2. The molecule has 1 saturated heterocycles. The molecule has 1 fully saturated rings. The molecule has 0 aromatic heterocycles. The molecule has 1 aliphatic heterocycles. The lowest BCUT2D eigenvalue weighted by Gasteiger charge is -2.37. The zero-order chi connectivity index (χ0) is 23.4. The van der Waals surface area contributed by atoms with Crippen LogP contribution in [0.2, 0.25) is 0 Å². The Balaban J connectivity index is 1.40. The van der Waals surface area contributed by atoms with E-state index in [0.717, 1.165) is 35.1 Å². The van der Waals surface area contributed by atoms with Crippen LogP contribution in [0.25, 0.3) is 11.1 Å². The number of nitrogens with one attached hydrogen (secondary N) is 1. The van der Waals surface area contributed by atoms with Gasteiger partial charge < -0.3 is 20.1 Å². The number of nitrogens with zero attached hydrogens (tertiary/aromatic N) is 1. The minimum atomic E-state index is -0.919. The van der Waals surface area contributed by atoms with Gasteiger partial charge in [0.15, 0.2) is 0 Å². The number of hydrogen-bond donors (Lipinski definition) is 2. The summed E-state index contributed by atoms with van der Waals surface area (Å²) in [5, 5.41) is 11.9. The monoisotopic (exact) mass is 450 g/mol. The number of rotatable bonds is 7. The second kappa shape index (κ2) is 10.1. The summed E-state index contributed by atoms with van der Waals surface area (Å²) >= 11 is 0. The molecule has 2 aliphatic rings. The van der Waals surface area contributed by atoms with Gasteiger partial charge in [-0.3, -0.25) is 9.59 Å². The Morgan fingerprint density at radius 2 is 1.70 bits per heavy atom. The minimum absolute atomic E-state index is 0.0547. The molecule has 2 aromatic carbocycles. The van der Waals surface area contributed by atoms with Crippen molar-refractivity contribution in [2.45, 2.75) is 57.0 Å². The molecule has 0 radical (unpaired) electrons. The summed E-state index contributed by atoms with van der Waals surface area (Å²) in [6.45, 7) is 2.51. The number of fused-ring (bicyclic) bond motifs is 3. The molecule has 7 heteroatoms. The predicted octanol–water partition coefficient (Wildman–Crippen LogP) is 4.16. The van der Waals surface area contributed by atoms with Crippen LogP contribution in [0.1, 0.15) is 56.1 Å². The number of likely N-dealkylation sites (tertiary alicyclic amines) is 1. The number of amides is 2. The Morgan fingerprint density at radius 3 is 2.30 bits per heavy atom. The minimum Gasteiger partial charge on any atom is -0.481 e. The molecular weight excluding hydrogens is 420 g/mol. The standard InChI is InChI=1S/C26H30N2O5/c1-2-23(25(31)28-14-8-7-9-17(28)15-24(29)30)27-26(32)33-16-22-20-12-5-3-10-18(20)19-11-4-6-13-21(19)22/h3-6,10-13,17,22-23H,2,7-9,14-16H2,1H3,(H,27,32)(H,29,30)/t17-,23+/m1/s1. The van der Waals surface area contributed by atoms with Crippen molar-refractivity contribution in [1.82, 2.24) is 10.2 Å². The number of hydrogen-bond acceptors (Lipinski definition) is 4. The van der Waals surface area contributed by atoms with E-state index in [1.165, 1.54) is 0 Å². The first-order valence-corrected chi connectivity index (χ1v) is 11.6. The maximum absolute atomic E-state index is 13.1. The van der Waals surface area contributed by atoms with Crippen LogP contribution in [-0.2, 0) is 14.3 Å². The summed E-state index contributed by atoms with van der Waals surface area (Å²) in [5.74, 6) is -1.21. The van der Waals surface area contributed by atoms with E-state index < -0.39 is 18.1 Å². The van der Waals surface area contributed by atoms with Crippen molar-refractivity contribution >= 4 is 18.0 Å². The fourth-order valence-electron chi connectivity index (χ4n) is 5.03. The molecule has 2 aromatic rings. The second-order valence-corrected chi connectivity index (χ2v) is 8.71. The van der Waals surface area contributed by atoms with Gasteiger partial charge in [0.05, 0.1) is 6.42 Å². The Morgan fingerprint density at radius 1 is 1.06 bits per heavy atom. The van der Waals surface area contributed by atoms with Crippen molar-refractivity contribution in [2.24, 2.45) is 0 Å². The maximum Gasteiger partial charge on any atom is 0.407 e. The lowest BCUT2D eigenvalue weighted by molar-refractivity contribution is -0.142. The van der Waals surface area contributed by atoms with Crippen LogP contribution in [-0.4, -0.2) is 53.2 Å². The lowest BCUT2D eigenvalue weighted by atomic mass is 9.98. The molecule has 2 N–H and O–H groups in total. The number of carboxylic acids is 1. The van der Waals surface area contributed by atoms with Gasteiger partial charge in [-0.2, -0.15) is 0 Å². The van der Waals surface area contributed by atoms with Gasteiger partial charge in [0.2, 0.25) is 5.91 Å². The first-order valence-electron chi connectivity index (χ1n) is 11.6. The summed E-state index contributed by atoms with van der Waals surface area (Å²) in [7, 11) is 0. The van der Waals surface area contributed by atoms with Gasteiger partial charge >= 0.3 is 12.1 Å². The Hall–Kier alpha value is -3.35. The van der Waals surface area contributed by atoms with Gasteiger partial charge in [-0.25, -0.2) is 4.79 Å². The summed E-state index contributed by atoms with van der Waals surface area (Å²) in [6, 6.07) is 15.2. The van der Waals surface area contributed by atoms with Crippen LogP contribution in [0.4, 0.5) is 4.79 Å². The van der Waals surface area contributed by atoms with Crippen LogP contribution < -0.4 is 5.32 Å². The number of aliphatic carboxylic acids is 1. The largest absolute Gasteiger partial charge is 0.481 e. The quantitative estimate of drug-likeness (QED) is 0.660. The topological polar surface area (TPSA) is 95.9 Å². The molecule has 0 saturated carbocycles. The van der Waals surface area contributed by atoms with Crippen molar-refractivity contribution in [2.75, 3.05) is 13.2 Å². The summed E-state index contributed by atoms with van der Waals surface area (Å²) in [4.78, 5) is 38.6. The van der Waals surface area contributed by atoms with E-state index >= 15 is 0 Å². The number of carbonyl (C=O) groups excluding carboxylic acids is 2. The maximum atomic E-state index is 13.1. The van der Waals surface area contributed by atoms with Crippen LogP contribution in [0.15, 0.2) is 48.5 Å². The molecule has 1 heterocycles. The molecule has 7 nitrogen and oxygen atoms in total. The fraction of sp³-hybridized carbons (Fsp3) is 0.423. The molecule has 2 amide bonds. The van der Waals surface area contributed by atoms with Gasteiger partial charge in [0.25, 0.3) is 0 Å². The van der Waals surface area contributed by atoms with Crippen LogP contribution in [0.3, 0.4) is 0 Å². The van der Waals surface area contributed by atoms with Gasteiger partial charge in [0.1, 0.15) is 12.6 Å². The molecule has 0 bridgehead atoms. The number of carbonyl (C=O) groups is 3. The summed E-state index contributed by atoms with van der Waals surface area (Å²) < 4.78 is 5.59. The highest BCUT2D eigenvalue weighted by molar-refractivity contribution is 5.86. The average Bonchev–Trinajstić information content (AvgIpc) is 3.14. The van der Waals surface area contributed by atoms with Crippen LogP contribution in [0.5, 0.6) is 0 Å². The van der Waals surface area contributed by atoms with Gasteiger partial charge in [-0.1, -0.05) is 55.5 Å². The van der Waals surface area contributed by atoms with E-state index in [1.54, 1.807) is 4.90 Å². The van der Waals surface area contributed by atoms with E-state index in [4.69, 9.17) is 4.74 Å². The average molecular weight is 451 g/mol. The third-order valence-electron chi connectivity index (χ3n) is 6.66. The second-order valence-electron chi connectivity index (χ2n) is 8.71. The van der Waals surface area contributed by atoms with E-state index in [2.05, 4.69) is 29.6 Å². The summed E-state index contributed by atoms with van der Waals surface area (Å²) in [6.07, 6.45) is 2.09. The number of piperidine rings is 1. The molecular formula is C26H30N2O5. The molecule has 0 spiro atoms. The molecule has 174 valence electrons. The van der Waals surface area contributed by atoms with Gasteiger partial charge in [-0.05, 0) is 47.9 Å². The van der Waals surface area contributed by atoms with Crippen molar-refractivity contribution in [3.63, 3.8) is 0 Å². The molecule has 2 atom stereocenters. The number of benzene rings is 2. The first kappa shape index (κ1) is 22.8. The van der Waals surface area contributed by atoms with Crippen molar-refractivity contribution in [1.29, 1.82) is 0 Å². The predicted molar refractivity (Wildman–Crippen MR) is 124 cm³/mol. The molecule has 0 unspecified atom stereocenters. The van der Waals surface area contributed by atoms with Crippen molar-refractivity contribution in [3.8, 4) is 11.1 Å². The number of alkyl carbamates (subject to hydrolysis) is 1. The SMILES string of the molecule is CC[C@H](NC(=O)OCC1c2ccccc2-c2ccccc21)C(=O)N1CCCC[C@@H]1CC(=O)O. The van der Waals surface area contributed by atoms with Gasteiger partial charge in [0, 0.05) is 18.5 Å². The Labute approximate surface area is 193 Å². The third-order valence-corrected chi connectivity index (χ3v) is 6.66. The van der Waals surface area contributed by atoms with Crippen LogP contribution in [0, 0.1) is 0 Å². The molecule has 1 aliphatic carbocycles. The third kappa shape index (κ3) is 4.87. The van der Waals surface area contributed by atoms with Crippen molar-refractivity contribution < 1.29 is 24.2 Å². The number of ether oxygens (including phenoxy) is 1. The van der Waals surface area contributed by atoms with E-state index in [9.17, 15) is 19.5 Å². The number of carboxylic acid groups (broad SMARTS) is 1. The molecule has 4 rings (SSSR count). The zero-order valence-electron chi connectivity index (χ0n) is 18.8. The van der Waals surface area contributed by atoms with Crippen LogP contribution >= 0.6 is 0 Å².